The standard InChI is InChI=1S/C30H66NO3Si.ClH/c1-7-10-11-12-13-14-15-16-17-18-19-20-21-22-23-24-28-31(26-8-2,27-9-3)29-25-30-35(32-4,33-5)34-6;/h7-30H2,1-6H3;1H/q+1;/p-1. The number of nitrogens with zero attached hydrogens (tertiary/aromatic N) is 1. The summed E-state index contributed by atoms with van der Waals surface area (Å²) < 4.78 is 18.2. The first kappa shape index (κ1) is 38.5. The minimum absolute atomic E-state index is 0. The molecule has 0 heterocycles. The van der Waals surface area contributed by atoms with E-state index in [9.17, 15) is 0 Å². The number of quaternary nitrogens is 1. The van der Waals surface area contributed by atoms with E-state index < -0.39 is 8.80 Å². The maximum atomic E-state index is 5.65. The van der Waals surface area contributed by atoms with Crippen molar-refractivity contribution >= 4 is 8.80 Å². The van der Waals surface area contributed by atoms with Crippen LogP contribution in [0.2, 0.25) is 6.04 Å². The fourth-order valence-corrected chi connectivity index (χ4v) is 7.51. The molecule has 0 aromatic rings. The van der Waals surface area contributed by atoms with Gasteiger partial charge in [0, 0.05) is 33.8 Å². The van der Waals surface area contributed by atoms with E-state index >= 15 is 0 Å². The van der Waals surface area contributed by atoms with E-state index in [0.29, 0.717) is 0 Å². The predicted octanol–water partition coefficient (Wildman–Crippen LogP) is 6.16. The zero-order valence-electron chi connectivity index (χ0n) is 25.5. The summed E-state index contributed by atoms with van der Waals surface area (Å²) >= 11 is 0. The Balaban J connectivity index is 0. The van der Waals surface area contributed by atoms with Gasteiger partial charge in [0.2, 0.25) is 0 Å². The fourth-order valence-electron chi connectivity index (χ4n) is 5.80. The molecule has 0 rings (SSSR count). The smallest absolute Gasteiger partial charge is 0.500 e. The summed E-state index contributed by atoms with van der Waals surface area (Å²) in [7, 11) is 2.75. The van der Waals surface area contributed by atoms with E-state index in [-0.39, 0.29) is 12.4 Å². The molecule has 4 nitrogen and oxygen atoms in total. The van der Waals surface area contributed by atoms with Crippen LogP contribution in [0.1, 0.15) is 143 Å². The third-order valence-electron chi connectivity index (χ3n) is 7.93. The Hall–Kier alpha value is 0.347. The average molecular weight is 552 g/mol. The molecule has 0 N–H and O–H groups in total. The van der Waals surface area contributed by atoms with Crippen molar-refractivity contribution in [3.8, 4) is 0 Å². The highest BCUT2D eigenvalue weighted by Gasteiger charge is 2.38. The van der Waals surface area contributed by atoms with Crippen LogP contribution in [-0.4, -0.2) is 60.8 Å². The molecular weight excluding hydrogens is 486 g/mol. The Bertz CT molecular complexity index is 424. The lowest BCUT2D eigenvalue weighted by Crippen LogP contribution is -3.00. The predicted molar refractivity (Wildman–Crippen MR) is 156 cm³/mol. The van der Waals surface area contributed by atoms with Gasteiger partial charge in [0.1, 0.15) is 0 Å². The quantitative estimate of drug-likeness (QED) is 0.0662. The first-order chi connectivity index (χ1) is 17.1. The highest BCUT2D eigenvalue weighted by Crippen LogP contribution is 2.21. The van der Waals surface area contributed by atoms with Crippen LogP contribution in [0.4, 0.5) is 0 Å². The minimum atomic E-state index is -2.45. The summed E-state index contributed by atoms with van der Waals surface area (Å²) in [6, 6.07) is 0.920. The van der Waals surface area contributed by atoms with E-state index in [1.165, 1.54) is 146 Å². The van der Waals surface area contributed by atoms with Crippen LogP contribution in [0.15, 0.2) is 0 Å². The van der Waals surface area contributed by atoms with Gasteiger partial charge in [-0.3, -0.25) is 0 Å². The lowest BCUT2D eigenvalue weighted by Gasteiger charge is -2.39. The summed E-state index contributed by atoms with van der Waals surface area (Å²) in [6.07, 6.45) is 26.7. The van der Waals surface area contributed by atoms with Gasteiger partial charge in [-0.05, 0) is 25.7 Å². The van der Waals surface area contributed by atoms with Gasteiger partial charge < -0.3 is 30.2 Å². The Morgan fingerprint density at radius 3 is 1.08 bits per heavy atom. The maximum Gasteiger partial charge on any atom is 0.500 e. The molecule has 6 heteroatoms. The van der Waals surface area contributed by atoms with Crippen LogP contribution < -0.4 is 12.4 Å². The Kier molecular flexibility index (Phi) is 28.8. The molecule has 0 saturated heterocycles. The molecular formula is C30H66ClNO3Si. The number of hydrogen-bond donors (Lipinski definition) is 0. The summed E-state index contributed by atoms with van der Waals surface area (Å²) in [5.74, 6) is 0. The molecule has 0 bridgehead atoms. The van der Waals surface area contributed by atoms with Gasteiger partial charge >= 0.3 is 8.80 Å². The molecule has 0 aromatic heterocycles. The number of hydrogen-bond acceptors (Lipinski definition) is 3. The second-order valence-electron chi connectivity index (χ2n) is 10.9. The van der Waals surface area contributed by atoms with Crippen molar-refractivity contribution in [3.05, 3.63) is 0 Å². The molecule has 0 aliphatic heterocycles. The van der Waals surface area contributed by atoms with Gasteiger partial charge in [-0.2, -0.15) is 0 Å². The average Bonchev–Trinajstić information content (AvgIpc) is 2.87. The Labute approximate surface area is 235 Å². The van der Waals surface area contributed by atoms with E-state index in [0.717, 1.165) is 12.5 Å². The molecule has 0 unspecified atom stereocenters. The lowest BCUT2D eigenvalue weighted by molar-refractivity contribution is -0.928. The van der Waals surface area contributed by atoms with Crippen molar-refractivity contribution in [2.75, 3.05) is 47.5 Å². The van der Waals surface area contributed by atoms with Gasteiger partial charge in [0.15, 0.2) is 0 Å². The van der Waals surface area contributed by atoms with Gasteiger partial charge in [-0.15, -0.1) is 0 Å². The molecule has 0 aliphatic rings. The number of halogens is 1. The van der Waals surface area contributed by atoms with Crippen molar-refractivity contribution in [1.29, 1.82) is 0 Å². The van der Waals surface area contributed by atoms with E-state index in [1.807, 2.05) is 0 Å². The zero-order valence-corrected chi connectivity index (χ0v) is 27.3. The molecule has 0 aliphatic carbocycles. The second kappa shape index (κ2) is 26.9. The van der Waals surface area contributed by atoms with Crippen LogP contribution in [-0.2, 0) is 13.3 Å². The van der Waals surface area contributed by atoms with Gasteiger partial charge in [-0.1, -0.05) is 111 Å². The molecule has 0 amide bonds. The van der Waals surface area contributed by atoms with Gasteiger partial charge in [0.05, 0.1) is 26.2 Å². The highest BCUT2D eigenvalue weighted by molar-refractivity contribution is 6.60. The Morgan fingerprint density at radius 1 is 0.417 bits per heavy atom. The molecule has 0 fully saturated rings. The molecule has 0 atom stereocenters. The molecule has 0 radical (unpaired) electrons. The Morgan fingerprint density at radius 2 is 0.750 bits per heavy atom. The summed E-state index contributed by atoms with van der Waals surface area (Å²) in [4.78, 5) is 0. The normalized spacial score (nSPS) is 12.2. The molecule has 0 saturated carbocycles. The number of rotatable bonds is 28. The molecule has 0 aromatic carbocycles. The van der Waals surface area contributed by atoms with Crippen LogP contribution in [0.5, 0.6) is 0 Å². The number of unbranched alkanes of at least 4 members (excludes halogenated alkanes) is 15. The lowest BCUT2D eigenvalue weighted by atomic mass is 10.0. The highest BCUT2D eigenvalue weighted by atomic mass is 35.5. The summed E-state index contributed by atoms with van der Waals surface area (Å²) in [5.41, 5.74) is 0. The van der Waals surface area contributed by atoms with E-state index in [1.54, 1.807) is 21.3 Å². The zero-order chi connectivity index (χ0) is 26.1. The van der Waals surface area contributed by atoms with Crippen molar-refractivity contribution in [3.63, 3.8) is 0 Å². The monoisotopic (exact) mass is 551 g/mol. The molecule has 36 heavy (non-hydrogen) atoms. The SMILES string of the molecule is CCCCCCCCCCCCCCCCCC[N+](CCC)(CCC)CCC[Si](OC)(OC)OC.[Cl-]. The third kappa shape index (κ3) is 19.4. The first-order valence-corrected chi connectivity index (χ1v) is 17.5. The minimum Gasteiger partial charge on any atom is -1.00 e. The summed E-state index contributed by atoms with van der Waals surface area (Å²) in [6.45, 7) is 12.1. The first-order valence-electron chi connectivity index (χ1n) is 15.6. The van der Waals surface area contributed by atoms with Crippen LogP contribution >= 0.6 is 0 Å². The van der Waals surface area contributed by atoms with E-state index in [4.69, 9.17) is 13.3 Å². The van der Waals surface area contributed by atoms with Gasteiger partial charge in [-0.25, -0.2) is 0 Å². The van der Waals surface area contributed by atoms with E-state index in [2.05, 4.69) is 20.8 Å². The van der Waals surface area contributed by atoms with Crippen LogP contribution in [0.25, 0.3) is 0 Å². The van der Waals surface area contributed by atoms with Crippen molar-refractivity contribution in [1.82, 2.24) is 0 Å². The van der Waals surface area contributed by atoms with Gasteiger partial charge in [0.25, 0.3) is 0 Å². The topological polar surface area (TPSA) is 27.7 Å². The van der Waals surface area contributed by atoms with Crippen LogP contribution in [0, 0.1) is 0 Å². The summed E-state index contributed by atoms with van der Waals surface area (Å²) in [5, 5.41) is 0. The second-order valence-corrected chi connectivity index (χ2v) is 14.0. The largest absolute Gasteiger partial charge is 1.00 e. The van der Waals surface area contributed by atoms with Crippen molar-refractivity contribution in [2.45, 2.75) is 149 Å². The van der Waals surface area contributed by atoms with Crippen molar-refractivity contribution < 1.29 is 30.2 Å². The molecule has 220 valence electrons. The molecule has 0 spiro atoms. The maximum absolute atomic E-state index is 5.65. The van der Waals surface area contributed by atoms with Crippen molar-refractivity contribution in [2.24, 2.45) is 0 Å². The fraction of sp³-hybridized carbons (Fsp3) is 1.00. The van der Waals surface area contributed by atoms with Crippen LogP contribution in [0.3, 0.4) is 0 Å². The third-order valence-corrected chi connectivity index (χ3v) is 10.8.